The van der Waals surface area contributed by atoms with E-state index in [1.165, 1.54) is 134 Å². The van der Waals surface area contributed by atoms with E-state index in [1.54, 1.807) is 22.7 Å². The SMILES string of the molecule is c1ccc(-c2ccc(-c3ccc4cc(-c5cc6cc7cc8oc(-c9cc%10ccc(-c%11ccc(-c%12cccc(-c%13cccc(-c%14cc%15ccc(-c%16ccc(-c%17cc%18cc%19cc%20oc(-c%21ccc(-c%22ccc%23cc(-c%24ccccc%24)sc%23c%22)cc%21)cc%20cc%19cc%18o%17)cc%16)cc%15s%14)c%13)c%12)cc%11)cc%10s9)cc8cc7cc6o5)sc4c3)cc2)cc1. The normalized spacial score (nSPS) is 12.0. The lowest BCUT2D eigenvalue weighted by molar-refractivity contribution is 0.631. The van der Waals surface area contributed by atoms with Crippen molar-refractivity contribution >= 4 is 151 Å². The topological polar surface area (TPSA) is 52.6 Å². The maximum Gasteiger partial charge on any atom is 0.145 e. The predicted octanol–water partition coefficient (Wildman–Crippen LogP) is 33.5. The fourth-order valence-corrected chi connectivity index (χ4v) is 21.2. The highest BCUT2D eigenvalue weighted by atomic mass is 32.1. The van der Waals surface area contributed by atoms with E-state index in [9.17, 15) is 0 Å². The fraction of sp³-hybridized carbons (Fsp3) is 0. The zero-order valence-electron chi connectivity index (χ0n) is 62.1. The van der Waals surface area contributed by atoms with Gasteiger partial charge in [0.25, 0.3) is 0 Å². The molecule has 0 atom stereocenters. The molecule has 0 bridgehead atoms. The summed E-state index contributed by atoms with van der Waals surface area (Å²) in [6, 6.07) is 137. The minimum Gasteiger partial charge on any atom is -0.456 e. The van der Waals surface area contributed by atoms with Crippen LogP contribution in [0.25, 0.3) is 248 Å². The van der Waals surface area contributed by atoms with Crippen LogP contribution in [0.2, 0.25) is 0 Å². The highest BCUT2D eigenvalue weighted by Gasteiger charge is 2.20. The third kappa shape index (κ3) is 12.0. The second-order valence-corrected chi connectivity index (χ2v) is 34.7. The van der Waals surface area contributed by atoms with Gasteiger partial charge in [-0.15, -0.1) is 45.3 Å². The molecule has 24 aromatic rings. The van der Waals surface area contributed by atoms with Crippen LogP contribution in [-0.4, -0.2) is 0 Å². The van der Waals surface area contributed by atoms with Crippen molar-refractivity contribution in [3.63, 3.8) is 0 Å². The molecule has 116 heavy (non-hydrogen) atoms. The van der Waals surface area contributed by atoms with Crippen LogP contribution in [0.1, 0.15) is 0 Å². The van der Waals surface area contributed by atoms with E-state index < -0.39 is 0 Å². The van der Waals surface area contributed by atoms with Crippen LogP contribution >= 0.6 is 45.3 Å². The van der Waals surface area contributed by atoms with Gasteiger partial charge in [-0.25, -0.2) is 0 Å². The summed E-state index contributed by atoms with van der Waals surface area (Å²) in [6.45, 7) is 0. The van der Waals surface area contributed by atoms with E-state index >= 15 is 0 Å². The van der Waals surface area contributed by atoms with Crippen LogP contribution in [0.15, 0.2) is 394 Å². The molecular formula is C108H62O4S4. The third-order valence-electron chi connectivity index (χ3n) is 23.1. The van der Waals surface area contributed by atoms with E-state index in [2.05, 4.69) is 376 Å². The molecular weight excluding hydrogens is 1490 g/mol. The van der Waals surface area contributed by atoms with Gasteiger partial charge in [-0.2, -0.15) is 0 Å². The number of fused-ring (bicyclic) bond motifs is 10. The van der Waals surface area contributed by atoms with Gasteiger partial charge in [0.1, 0.15) is 45.4 Å². The molecule has 0 fully saturated rings. The Balaban J connectivity index is 0.425. The second kappa shape index (κ2) is 26.9. The summed E-state index contributed by atoms with van der Waals surface area (Å²) < 4.78 is 31.5. The molecule has 0 amide bonds. The zero-order chi connectivity index (χ0) is 76.1. The monoisotopic (exact) mass is 1550 g/mol. The Kier molecular flexibility index (Phi) is 15.4. The summed E-state index contributed by atoms with van der Waals surface area (Å²) in [5.41, 5.74) is 24.7. The minimum atomic E-state index is 0.842. The summed E-state index contributed by atoms with van der Waals surface area (Å²) >= 11 is 7.22. The van der Waals surface area contributed by atoms with E-state index in [-0.39, 0.29) is 0 Å². The van der Waals surface area contributed by atoms with E-state index in [0.717, 1.165) is 115 Å². The van der Waals surface area contributed by atoms with Crippen molar-refractivity contribution in [2.75, 3.05) is 0 Å². The first-order valence-electron chi connectivity index (χ1n) is 39.0. The van der Waals surface area contributed by atoms with Gasteiger partial charge in [0.2, 0.25) is 0 Å². The Morgan fingerprint density at radius 1 is 0.129 bits per heavy atom. The van der Waals surface area contributed by atoms with Crippen molar-refractivity contribution in [3.05, 3.63) is 376 Å². The first-order chi connectivity index (χ1) is 57.2. The van der Waals surface area contributed by atoms with Crippen molar-refractivity contribution < 1.29 is 17.7 Å². The molecule has 8 aromatic heterocycles. The van der Waals surface area contributed by atoms with Crippen molar-refractivity contribution in [1.29, 1.82) is 0 Å². The first kappa shape index (κ1) is 66.6. The lowest BCUT2D eigenvalue weighted by Gasteiger charge is -2.09. The Morgan fingerprint density at radius 2 is 0.371 bits per heavy atom. The molecule has 0 aliphatic rings. The fourth-order valence-electron chi connectivity index (χ4n) is 16.9. The van der Waals surface area contributed by atoms with Crippen molar-refractivity contribution in [2.24, 2.45) is 0 Å². The number of benzene rings is 16. The maximum absolute atomic E-state index is 6.67. The maximum atomic E-state index is 6.67. The van der Waals surface area contributed by atoms with Crippen molar-refractivity contribution in [3.8, 4) is 143 Å². The molecule has 0 aliphatic carbocycles. The van der Waals surface area contributed by atoms with Crippen LogP contribution in [0.5, 0.6) is 0 Å². The molecule has 0 spiro atoms. The van der Waals surface area contributed by atoms with Gasteiger partial charge in [-0.05, 0) is 266 Å². The first-order valence-corrected chi connectivity index (χ1v) is 42.2. The van der Waals surface area contributed by atoms with Crippen molar-refractivity contribution in [1.82, 2.24) is 0 Å². The van der Waals surface area contributed by atoms with Gasteiger partial charge in [0.15, 0.2) is 0 Å². The average Bonchev–Trinajstić information content (AvgIpc) is 1.61. The number of furan rings is 4. The van der Waals surface area contributed by atoms with Gasteiger partial charge in [0, 0.05) is 61.2 Å². The predicted molar refractivity (Wildman–Crippen MR) is 493 cm³/mol. The van der Waals surface area contributed by atoms with Gasteiger partial charge >= 0.3 is 0 Å². The molecule has 16 aromatic carbocycles. The molecule has 542 valence electrons. The minimum absolute atomic E-state index is 0.842. The molecule has 0 saturated heterocycles. The van der Waals surface area contributed by atoms with Crippen LogP contribution in [-0.2, 0) is 0 Å². The van der Waals surface area contributed by atoms with Crippen LogP contribution in [0.3, 0.4) is 0 Å². The Hall–Kier alpha value is -14.0. The molecule has 0 unspecified atom stereocenters. The molecule has 8 heteroatoms. The van der Waals surface area contributed by atoms with Gasteiger partial charge in [-0.1, -0.05) is 243 Å². The van der Waals surface area contributed by atoms with Crippen molar-refractivity contribution in [2.45, 2.75) is 0 Å². The molecule has 0 N–H and O–H groups in total. The van der Waals surface area contributed by atoms with E-state index in [1.807, 2.05) is 22.7 Å². The van der Waals surface area contributed by atoms with Crippen LogP contribution < -0.4 is 0 Å². The molecule has 4 nitrogen and oxygen atoms in total. The average molecular weight is 1550 g/mol. The third-order valence-corrected chi connectivity index (χ3v) is 27.6. The van der Waals surface area contributed by atoms with Gasteiger partial charge in [-0.3, -0.25) is 0 Å². The number of hydrogen-bond acceptors (Lipinski definition) is 8. The molecule has 24 rings (SSSR count). The zero-order valence-corrected chi connectivity index (χ0v) is 65.3. The Labute approximate surface area is 682 Å². The number of hydrogen-bond donors (Lipinski definition) is 0. The lowest BCUT2D eigenvalue weighted by Crippen LogP contribution is -1.83. The number of rotatable bonds is 13. The van der Waals surface area contributed by atoms with Gasteiger partial charge in [0.05, 0.1) is 9.75 Å². The summed E-state index contributed by atoms with van der Waals surface area (Å²) in [6.07, 6.45) is 0. The highest BCUT2D eigenvalue weighted by Crippen LogP contribution is 2.46. The summed E-state index contributed by atoms with van der Waals surface area (Å²) in [5.74, 6) is 3.45. The second-order valence-electron chi connectivity index (χ2n) is 30.4. The standard InChI is InChI=1S/C108H62O4S4/c1-3-9-63(10-4-1)64-17-19-66(20-18-64)78-35-39-83-61-107(115-104(83)57-78)99-53-91-45-87-50-98-92(46-88(87)49-97(91)111-99)54-100(112-98)108-62-84-40-36-79(58-105(84)116-108)67-23-21-65(22-24-67)73-13-7-14-74(41-73)75-15-8-16-80(42-75)106-60-82-38-34-77(56-103(82)114-106)69-27-31-71(32-28-69)94-52-90-44-86-47-95-89(43-85(86)48-96(90)110-94)51-93(109-95)70-29-25-68(26-30-70)76-33-37-81-59-101(113-102(81)55-76)72-11-5-2-6-12-72/h1-62H. The molecule has 0 aliphatic heterocycles. The summed E-state index contributed by atoms with van der Waals surface area (Å²) in [4.78, 5) is 4.75. The Bertz CT molecular complexity index is 7900. The number of thiophene rings is 4. The van der Waals surface area contributed by atoms with Crippen LogP contribution in [0, 0.1) is 0 Å². The molecule has 0 radical (unpaired) electrons. The van der Waals surface area contributed by atoms with Gasteiger partial charge < -0.3 is 17.7 Å². The molecule has 0 saturated carbocycles. The lowest BCUT2D eigenvalue weighted by atomic mass is 9.96. The largest absolute Gasteiger partial charge is 0.456 e. The quantitative estimate of drug-likeness (QED) is 0.115. The Morgan fingerprint density at radius 3 is 0.741 bits per heavy atom. The van der Waals surface area contributed by atoms with E-state index in [0.29, 0.717) is 0 Å². The molecule has 8 heterocycles. The smallest absolute Gasteiger partial charge is 0.145 e. The highest BCUT2D eigenvalue weighted by molar-refractivity contribution is 7.23. The van der Waals surface area contributed by atoms with E-state index in [4.69, 9.17) is 17.7 Å². The van der Waals surface area contributed by atoms with Crippen LogP contribution in [0.4, 0.5) is 0 Å². The summed E-state index contributed by atoms with van der Waals surface area (Å²) in [7, 11) is 0. The summed E-state index contributed by atoms with van der Waals surface area (Å²) in [5, 5.41) is 13.6.